The van der Waals surface area contributed by atoms with Crippen LogP contribution in [0, 0.1) is 0 Å². The number of aromatic nitrogens is 4. The van der Waals surface area contributed by atoms with Gasteiger partial charge in [0.15, 0.2) is 5.82 Å². The van der Waals surface area contributed by atoms with E-state index in [2.05, 4.69) is 68.1 Å². The van der Waals surface area contributed by atoms with E-state index in [-0.39, 0.29) is 5.91 Å². The maximum atomic E-state index is 12.0. The summed E-state index contributed by atoms with van der Waals surface area (Å²) in [4.78, 5) is 30.7. The molecule has 188 valence electrons. The van der Waals surface area contributed by atoms with Crippen molar-refractivity contribution in [3.05, 3.63) is 129 Å². The van der Waals surface area contributed by atoms with E-state index in [1.807, 2.05) is 67.0 Å². The van der Waals surface area contributed by atoms with Crippen molar-refractivity contribution in [2.45, 2.75) is 0 Å². The van der Waals surface area contributed by atoms with Crippen molar-refractivity contribution in [3.8, 4) is 22.3 Å². The molecule has 6 rings (SSSR count). The third-order valence-corrected chi connectivity index (χ3v) is 6.44. The number of carbonyl (C=O) groups is 1. The summed E-state index contributed by atoms with van der Waals surface area (Å²) in [7, 11) is 0. The second-order valence-electron chi connectivity index (χ2n) is 8.85. The highest BCUT2D eigenvalue weighted by atomic mass is 16.1. The van der Waals surface area contributed by atoms with E-state index in [0.29, 0.717) is 11.5 Å². The van der Waals surface area contributed by atoms with E-state index in [1.165, 1.54) is 6.08 Å². The maximum absolute atomic E-state index is 12.0. The maximum Gasteiger partial charge on any atom is 0.247 e. The Morgan fingerprint density at radius 3 is 2.54 bits per heavy atom. The molecule has 0 unspecified atom stereocenters. The smallest absolute Gasteiger partial charge is 0.247 e. The number of rotatable bonds is 7. The molecule has 0 aliphatic carbocycles. The molecule has 3 aromatic carbocycles. The molecule has 0 fully saturated rings. The van der Waals surface area contributed by atoms with Crippen LogP contribution in [-0.2, 0) is 4.79 Å². The van der Waals surface area contributed by atoms with Crippen molar-refractivity contribution < 1.29 is 4.79 Å². The van der Waals surface area contributed by atoms with Gasteiger partial charge in [0.05, 0.1) is 11.1 Å². The van der Waals surface area contributed by atoms with Gasteiger partial charge in [-0.1, -0.05) is 61.2 Å². The number of H-pyrrole nitrogens is 1. The van der Waals surface area contributed by atoms with Crippen LogP contribution in [0.15, 0.2) is 129 Å². The quantitative estimate of drug-likeness (QED) is 0.221. The first-order valence-corrected chi connectivity index (χ1v) is 12.4. The summed E-state index contributed by atoms with van der Waals surface area (Å²) in [5, 5.41) is 3.74. The fourth-order valence-electron chi connectivity index (χ4n) is 4.62. The molecule has 6 aromatic rings. The number of pyridine rings is 1. The summed E-state index contributed by atoms with van der Waals surface area (Å²) >= 11 is 0. The minimum absolute atomic E-state index is 0.275. The summed E-state index contributed by atoms with van der Waals surface area (Å²) in [6, 6.07) is 30.3. The number of nitrogens with zero attached hydrogens (tertiary/aromatic N) is 4. The van der Waals surface area contributed by atoms with Gasteiger partial charge in [0.1, 0.15) is 12.0 Å². The lowest BCUT2D eigenvalue weighted by atomic mass is 9.99. The molecular weight excluding hydrogens is 484 g/mol. The molecule has 0 bridgehead atoms. The van der Waals surface area contributed by atoms with Crippen LogP contribution in [0.2, 0.25) is 0 Å². The van der Waals surface area contributed by atoms with Crippen molar-refractivity contribution >= 4 is 39.8 Å². The monoisotopic (exact) mass is 508 g/mol. The lowest BCUT2D eigenvalue weighted by molar-refractivity contribution is -0.111. The molecule has 0 saturated carbocycles. The van der Waals surface area contributed by atoms with Gasteiger partial charge in [-0.3, -0.25) is 14.7 Å². The van der Waals surface area contributed by atoms with Gasteiger partial charge in [0.25, 0.3) is 0 Å². The Balaban J connectivity index is 1.51. The number of hydrogen-bond donors (Lipinski definition) is 2. The van der Waals surface area contributed by atoms with E-state index < -0.39 is 0 Å². The van der Waals surface area contributed by atoms with Gasteiger partial charge in [-0.15, -0.1) is 0 Å². The number of amides is 1. The molecule has 2 N–H and O–H groups in total. The van der Waals surface area contributed by atoms with Gasteiger partial charge < -0.3 is 10.3 Å². The third kappa shape index (κ3) is 4.76. The number of nitrogens with one attached hydrogen (secondary N) is 2. The fourth-order valence-corrected chi connectivity index (χ4v) is 4.62. The molecule has 7 nitrogen and oxygen atoms in total. The van der Waals surface area contributed by atoms with Crippen LogP contribution in [0.1, 0.15) is 0 Å². The van der Waals surface area contributed by atoms with Crippen LogP contribution >= 0.6 is 0 Å². The zero-order chi connectivity index (χ0) is 26.6. The Hall–Kier alpha value is -5.56. The molecule has 39 heavy (non-hydrogen) atoms. The summed E-state index contributed by atoms with van der Waals surface area (Å²) < 4.78 is 0. The van der Waals surface area contributed by atoms with Crippen molar-refractivity contribution in [3.63, 3.8) is 0 Å². The van der Waals surface area contributed by atoms with E-state index in [1.54, 1.807) is 12.5 Å². The molecule has 0 aliphatic rings. The number of para-hydroxylation sites is 1. The second-order valence-corrected chi connectivity index (χ2v) is 8.85. The summed E-state index contributed by atoms with van der Waals surface area (Å²) in [5.74, 6) is 0.441. The molecule has 3 heterocycles. The first-order chi connectivity index (χ1) is 19.2. The van der Waals surface area contributed by atoms with Gasteiger partial charge >= 0.3 is 0 Å². The predicted octanol–water partition coefficient (Wildman–Crippen LogP) is 7.28. The van der Waals surface area contributed by atoms with E-state index in [9.17, 15) is 4.79 Å². The van der Waals surface area contributed by atoms with Crippen LogP contribution in [0.3, 0.4) is 0 Å². The lowest BCUT2D eigenvalue weighted by Gasteiger charge is -2.27. The number of carbonyl (C=O) groups excluding carboxylic acids is 1. The van der Waals surface area contributed by atoms with Crippen LogP contribution in [-0.4, -0.2) is 25.8 Å². The van der Waals surface area contributed by atoms with Crippen molar-refractivity contribution in [2.75, 3.05) is 10.2 Å². The van der Waals surface area contributed by atoms with E-state index in [4.69, 9.17) is 4.98 Å². The summed E-state index contributed by atoms with van der Waals surface area (Å²) in [6.07, 6.45) is 8.29. The SMILES string of the molecule is C=CC(=O)Nc1cccc(N(c2ccccc2-c2ccc(-c3cccnc3)cc2)c2ncnc3[nH]ccc23)c1. The minimum atomic E-state index is -0.275. The molecule has 7 heteroatoms. The normalized spacial score (nSPS) is 10.8. The van der Waals surface area contributed by atoms with Gasteiger partial charge in [-0.25, -0.2) is 9.97 Å². The van der Waals surface area contributed by atoms with Crippen LogP contribution < -0.4 is 10.2 Å². The molecule has 0 atom stereocenters. The molecule has 1 amide bonds. The van der Waals surface area contributed by atoms with Crippen molar-refractivity contribution in [1.82, 2.24) is 19.9 Å². The lowest BCUT2D eigenvalue weighted by Crippen LogP contribution is -2.14. The van der Waals surface area contributed by atoms with Gasteiger partial charge in [-0.2, -0.15) is 0 Å². The third-order valence-electron chi connectivity index (χ3n) is 6.44. The zero-order valence-electron chi connectivity index (χ0n) is 21.0. The molecular formula is C32H24N6O. The molecule has 0 spiro atoms. The summed E-state index contributed by atoms with van der Waals surface area (Å²) in [6.45, 7) is 3.56. The molecule has 0 aliphatic heterocycles. The van der Waals surface area contributed by atoms with E-state index in [0.717, 1.165) is 44.7 Å². The van der Waals surface area contributed by atoms with Gasteiger partial charge in [0, 0.05) is 35.5 Å². The highest BCUT2D eigenvalue weighted by molar-refractivity contribution is 6.00. The molecule has 0 saturated heterocycles. The Labute approximate surface area is 225 Å². The number of hydrogen-bond acceptors (Lipinski definition) is 5. The van der Waals surface area contributed by atoms with Crippen molar-refractivity contribution in [2.24, 2.45) is 0 Å². The number of fused-ring (bicyclic) bond motifs is 1. The van der Waals surface area contributed by atoms with Gasteiger partial charge in [-0.05, 0) is 59.2 Å². The Morgan fingerprint density at radius 2 is 1.72 bits per heavy atom. The highest BCUT2D eigenvalue weighted by Crippen LogP contribution is 2.42. The predicted molar refractivity (Wildman–Crippen MR) is 156 cm³/mol. The Morgan fingerprint density at radius 1 is 0.872 bits per heavy atom. The van der Waals surface area contributed by atoms with E-state index >= 15 is 0 Å². The first kappa shape index (κ1) is 23.8. The largest absolute Gasteiger partial charge is 0.346 e. The average Bonchev–Trinajstić information content (AvgIpc) is 3.48. The van der Waals surface area contributed by atoms with Crippen LogP contribution in [0.25, 0.3) is 33.3 Å². The van der Waals surface area contributed by atoms with Crippen LogP contribution in [0.5, 0.6) is 0 Å². The van der Waals surface area contributed by atoms with Crippen molar-refractivity contribution in [1.29, 1.82) is 0 Å². The number of anilines is 4. The first-order valence-electron chi connectivity index (χ1n) is 12.4. The number of benzene rings is 3. The minimum Gasteiger partial charge on any atom is -0.346 e. The Kier molecular flexibility index (Phi) is 6.37. The standard InChI is InChI=1S/C32H24N6O/c1-2-30(39)37-25-8-5-9-26(19-25)38(32-28-16-18-34-31(28)35-21-36-32)29-11-4-3-10-27(29)23-14-12-22(13-15-23)24-7-6-17-33-20-24/h2-21H,1H2,(H,37,39)(H,34,35,36). The van der Waals surface area contributed by atoms with Gasteiger partial charge in [0.2, 0.25) is 5.91 Å². The number of aromatic amines is 1. The average molecular weight is 509 g/mol. The Bertz CT molecular complexity index is 1780. The topological polar surface area (TPSA) is 86.8 Å². The fraction of sp³-hybridized carbons (Fsp3) is 0. The molecule has 3 aromatic heterocycles. The molecule has 0 radical (unpaired) electrons. The second kappa shape index (κ2) is 10.4. The highest BCUT2D eigenvalue weighted by Gasteiger charge is 2.21. The summed E-state index contributed by atoms with van der Waals surface area (Å²) in [5.41, 5.74) is 7.39. The van der Waals surface area contributed by atoms with Crippen LogP contribution in [0.4, 0.5) is 22.9 Å². The zero-order valence-corrected chi connectivity index (χ0v) is 21.0.